The molecule has 0 saturated carbocycles. The van der Waals surface area contributed by atoms with Crippen LogP contribution in [0.1, 0.15) is 22.8 Å². The molecular weight excluding hydrogens is 248 g/mol. The Kier molecular flexibility index (Phi) is 2.39. The summed E-state index contributed by atoms with van der Waals surface area (Å²) in [6.45, 7) is 0. The molecule has 2 N–H and O–H groups in total. The van der Waals surface area contributed by atoms with Gasteiger partial charge in [-0.15, -0.1) is 0 Å². The maximum atomic E-state index is 6.01. The van der Waals surface area contributed by atoms with Crippen molar-refractivity contribution in [2.24, 2.45) is 0 Å². The number of aromatic nitrogens is 1. The van der Waals surface area contributed by atoms with E-state index in [1.807, 2.05) is 30.3 Å². The minimum atomic E-state index is 0.270. The van der Waals surface area contributed by atoms with Crippen LogP contribution in [0.15, 0.2) is 59.1 Å². The standard InChI is InChI=1S/C17H14N2O/c18-17-15(11-6-2-1-3-7-11)16(20-19-17)14-10-12-8-4-5-9-13(12)14/h1-9,14H,10H2,(H2,18,19). The van der Waals surface area contributed by atoms with Crippen molar-refractivity contribution in [2.45, 2.75) is 12.3 Å². The summed E-state index contributed by atoms with van der Waals surface area (Å²) in [6.07, 6.45) is 0.991. The lowest BCUT2D eigenvalue weighted by atomic mass is 9.75. The normalized spacial score (nSPS) is 16.5. The fourth-order valence-electron chi connectivity index (χ4n) is 2.94. The first-order chi connectivity index (χ1) is 9.84. The molecule has 0 fully saturated rings. The van der Waals surface area contributed by atoms with Crippen molar-refractivity contribution in [3.05, 3.63) is 71.5 Å². The Morgan fingerprint density at radius 2 is 1.75 bits per heavy atom. The van der Waals surface area contributed by atoms with Crippen LogP contribution in [0, 0.1) is 0 Å². The van der Waals surface area contributed by atoms with Crippen LogP contribution in [0.2, 0.25) is 0 Å². The lowest BCUT2D eigenvalue weighted by Crippen LogP contribution is -2.18. The lowest BCUT2D eigenvalue weighted by Gasteiger charge is -2.28. The number of hydrogen-bond acceptors (Lipinski definition) is 3. The van der Waals surface area contributed by atoms with Crippen LogP contribution in [0.25, 0.3) is 11.1 Å². The van der Waals surface area contributed by atoms with Gasteiger partial charge in [0.05, 0.1) is 5.56 Å². The Hall–Kier alpha value is -2.55. The average Bonchev–Trinajstić information content (AvgIpc) is 2.83. The number of benzene rings is 2. The second-order valence-electron chi connectivity index (χ2n) is 5.13. The second kappa shape index (κ2) is 4.23. The first kappa shape index (κ1) is 11.3. The zero-order valence-corrected chi connectivity index (χ0v) is 10.9. The lowest BCUT2D eigenvalue weighted by molar-refractivity contribution is 0.365. The van der Waals surface area contributed by atoms with Crippen molar-refractivity contribution in [2.75, 3.05) is 5.73 Å². The molecule has 1 aliphatic carbocycles. The van der Waals surface area contributed by atoms with Crippen LogP contribution in [0.3, 0.4) is 0 Å². The van der Waals surface area contributed by atoms with Crippen molar-refractivity contribution in [1.29, 1.82) is 0 Å². The van der Waals surface area contributed by atoms with Crippen molar-refractivity contribution in [3.63, 3.8) is 0 Å². The van der Waals surface area contributed by atoms with Crippen molar-refractivity contribution in [3.8, 4) is 11.1 Å². The third-order valence-electron chi connectivity index (χ3n) is 3.98. The van der Waals surface area contributed by atoms with Gasteiger partial charge in [0, 0.05) is 5.92 Å². The predicted octanol–water partition coefficient (Wildman–Crippen LogP) is 3.61. The first-order valence-electron chi connectivity index (χ1n) is 6.73. The monoisotopic (exact) mass is 262 g/mol. The Balaban J connectivity index is 1.82. The van der Waals surface area contributed by atoms with E-state index >= 15 is 0 Å². The zero-order chi connectivity index (χ0) is 13.5. The Morgan fingerprint density at radius 1 is 1.00 bits per heavy atom. The SMILES string of the molecule is Nc1noc(C2Cc3ccccc32)c1-c1ccccc1. The summed E-state index contributed by atoms with van der Waals surface area (Å²) in [5.74, 6) is 1.62. The summed E-state index contributed by atoms with van der Waals surface area (Å²) in [7, 11) is 0. The number of hydrogen-bond donors (Lipinski definition) is 1. The van der Waals surface area contributed by atoms with Gasteiger partial charge < -0.3 is 10.3 Å². The van der Waals surface area contributed by atoms with E-state index in [0.717, 1.165) is 23.3 Å². The van der Waals surface area contributed by atoms with E-state index in [-0.39, 0.29) is 5.92 Å². The summed E-state index contributed by atoms with van der Waals surface area (Å²) >= 11 is 0. The molecule has 1 heterocycles. The van der Waals surface area contributed by atoms with Crippen LogP contribution < -0.4 is 5.73 Å². The third-order valence-corrected chi connectivity index (χ3v) is 3.98. The Bertz CT molecular complexity index is 762. The number of fused-ring (bicyclic) bond motifs is 1. The predicted molar refractivity (Wildman–Crippen MR) is 78.3 cm³/mol. The molecule has 20 heavy (non-hydrogen) atoms. The molecule has 1 atom stereocenters. The van der Waals surface area contributed by atoms with Crippen LogP contribution in [0.4, 0.5) is 5.82 Å². The molecule has 98 valence electrons. The Morgan fingerprint density at radius 3 is 2.55 bits per heavy atom. The van der Waals surface area contributed by atoms with E-state index in [1.54, 1.807) is 0 Å². The zero-order valence-electron chi connectivity index (χ0n) is 10.9. The van der Waals surface area contributed by atoms with Gasteiger partial charge in [-0.1, -0.05) is 59.8 Å². The molecule has 0 spiro atoms. The minimum absolute atomic E-state index is 0.270. The molecule has 0 saturated heterocycles. The average molecular weight is 262 g/mol. The highest BCUT2D eigenvalue weighted by molar-refractivity contribution is 5.77. The molecule has 0 radical (unpaired) electrons. The van der Waals surface area contributed by atoms with Crippen LogP contribution in [-0.2, 0) is 6.42 Å². The number of nitrogens with zero attached hydrogens (tertiary/aromatic N) is 1. The first-order valence-corrected chi connectivity index (χ1v) is 6.73. The van der Waals surface area contributed by atoms with E-state index in [4.69, 9.17) is 10.3 Å². The molecule has 0 amide bonds. The summed E-state index contributed by atoms with van der Waals surface area (Å²) in [5, 5.41) is 3.97. The third kappa shape index (κ3) is 1.56. The molecular formula is C17H14N2O. The van der Waals surface area contributed by atoms with Gasteiger partial charge in [0.2, 0.25) is 0 Å². The van der Waals surface area contributed by atoms with Crippen molar-refractivity contribution < 1.29 is 4.52 Å². The molecule has 0 bridgehead atoms. The van der Waals surface area contributed by atoms with Gasteiger partial charge in [0.25, 0.3) is 0 Å². The van der Waals surface area contributed by atoms with Gasteiger partial charge in [0.1, 0.15) is 0 Å². The number of rotatable bonds is 2. The summed E-state index contributed by atoms with van der Waals surface area (Å²) in [6, 6.07) is 18.5. The quantitative estimate of drug-likeness (QED) is 0.767. The van der Waals surface area contributed by atoms with Crippen LogP contribution in [-0.4, -0.2) is 5.16 Å². The fourth-order valence-corrected chi connectivity index (χ4v) is 2.94. The summed E-state index contributed by atoms with van der Waals surface area (Å²) < 4.78 is 5.54. The van der Waals surface area contributed by atoms with Crippen LogP contribution in [0.5, 0.6) is 0 Å². The minimum Gasteiger partial charge on any atom is -0.380 e. The van der Waals surface area contributed by atoms with Gasteiger partial charge in [-0.25, -0.2) is 0 Å². The number of nitrogens with two attached hydrogens (primary N) is 1. The number of nitrogen functional groups attached to an aromatic ring is 1. The smallest absolute Gasteiger partial charge is 0.175 e. The van der Waals surface area contributed by atoms with Gasteiger partial charge in [-0.3, -0.25) is 0 Å². The largest absolute Gasteiger partial charge is 0.380 e. The maximum absolute atomic E-state index is 6.01. The molecule has 0 aliphatic heterocycles. The highest BCUT2D eigenvalue weighted by Gasteiger charge is 2.33. The van der Waals surface area contributed by atoms with Crippen LogP contribution >= 0.6 is 0 Å². The molecule has 3 nitrogen and oxygen atoms in total. The molecule has 1 unspecified atom stereocenters. The topological polar surface area (TPSA) is 52.0 Å². The van der Waals surface area contributed by atoms with Gasteiger partial charge >= 0.3 is 0 Å². The molecule has 1 aliphatic rings. The van der Waals surface area contributed by atoms with E-state index < -0.39 is 0 Å². The maximum Gasteiger partial charge on any atom is 0.175 e. The highest BCUT2D eigenvalue weighted by atomic mass is 16.5. The number of anilines is 1. The van der Waals surface area contributed by atoms with Gasteiger partial charge in [0.15, 0.2) is 11.6 Å². The van der Waals surface area contributed by atoms with E-state index in [0.29, 0.717) is 5.82 Å². The molecule has 3 aromatic rings. The highest BCUT2D eigenvalue weighted by Crippen LogP contribution is 2.45. The molecule has 3 heteroatoms. The molecule has 1 aromatic heterocycles. The van der Waals surface area contributed by atoms with Gasteiger partial charge in [-0.05, 0) is 23.1 Å². The van der Waals surface area contributed by atoms with E-state index in [2.05, 4.69) is 29.4 Å². The van der Waals surface area contributed by atoms with Crippen molar-refractivity contribution >= 4 is 5.82 Å². The molecule has 2 aromatic carbocycles. The second-order valence-corrected chi connectivity index (χ2v) is 5.13. The fraction of sp³-hybridized carbons (Fsp3) is 0.118. The van der Waals surface area contributed by atoms with Crippen molar-refractivity contribution in [1.82, 2.24) is 5.16 Å². The van der Waals surface area contributed by atoms with E-state index in [1.165, 1.54) is 11.1 Å². The van der Waals surface area contributed by atoms with Gasteiger partial charge in [-0.2, -0.15) is 0 Å². The molecule has 4 rings (SSSR count). The van der Waals surface area contributed by atoms with E-state index in [9.17, 15) is 0 Å². The summed E-state index contributed by atoms with van der Waals surface area (Å²) in [5.41, 5.74) is 10.7. The summed E-state index contributed by atoms with van der Waals surface area (Å²) in [4.78, 5) is 0. The Labute approximate surface area is 117 Å².